The van der Waals surface area contributed by atoms with Crippen LogP contribution in [0.2, 0.25) is 5.02 Å². The first-order chi connectivity index (χ1) is 14.1. The third-order valence-corrected chi connectivity index (χ3v) is 5.39. The Labute approximate surface area is 189 Å². The summed E-state index contributed by atoms with van der Waals surface area (Å²) in [5, 5.41) is 6.03. The number of rotatable bonds is 4. The molecule has 0 unspecified atom stereocenters. The van der Waals surface area contributed by atoms with Gasteiger partial charge in [0.2, 0.25) is 0 Å². The van der Waals surface area contributed by atoms with Crippen molar-refractivity contribution in [2.45, 2.75) is 26.2 Å². The molecule has 2 amide bonds. The fraction of sp³-hybridized carbons (Fsp3) is 0.167. The first-order valence-electron chi connectivity index (χ1n) is 9.42. The first-order valence-corrected chi connectivity index (χ1v) is 10.6. The van der Waals surface area contributed by atoms with Gasteiger partial charge >= 0.3 is 0 Å². The maximum absolute atomic E-state index is 12.6. The fourth-order valence-corrected chi connectivity index (χ4v) is 3.43. The van der Waals surface area contributed by atoms with E-state index in [0.717, 1.165) is 10.0 Å². The molecule has 154 valence electrons. The molecular weight excluding hydrogens is 464 g/mol. The lowest BCUT2D eigenvalue weighted by Gasteiger charge is -2.19. The topological polar surface area (TPSA) is 58.2 Å². The Hall–Kier alpha value is -2.63. The van der Waals surface area contributed by atoms with Crippen LogP contribution in [0.5, 0.6) is 0 Å². The molecule has 0 aliphatic carbocycles. The highest BCUT2D eigenvalue weighted by Gasteiger charge is 2.15. The molecule has 6 heteroatoms. The van der Waals surface area contributed by atoms with E-state index in [1.165, 1.54) is 0 Å². The van der Waals surface area contributed by atoms with Crippen LogP contribution >= 0.6 is 27.5 Å². The minimum absolute atomic E-state index is 0.0266. The number of benzene rings is 3. The Morgan fingerprint density at radius 3 is 2.03 bits per heavy atom. The van der Waals surface area contributed by atoms with Gasteiger partial charge in [-0.05, 0) is 59.5 Å². The van der Waals surface area contributed by atoms with Crippen molar-refractivity contribution in [3.63, 3.8) is 0 Å². The average Bonchev–Trinajstić information content (AvgIpc) is 2.69. The highest BCUT2D eigenvalue weighted by molar-refractivity contribution is 9.10. The van der Waals surface area contributed by atoms with E-state index in [9.17, 15) is 9.59 Å². The van der Waals surface area contributed by atoms with Gasteiger partial charge in [0.25, 0.3) is 11.8 Å². The summed E-state index contributed by atoms with van der Waals surface area (Å²) in [5.74, 6) is -0.545. The smallest absolute Gasteiger partial charge is 0.257 e. The van der Waals surface area contributed by atoms with Crippen molar-refractivity contribution in [1.29, 1.82) is 0 Å². The van der Waals surface area contributed by atoms with Crippen molar-refractivity contribution in [3.8, 4) is 0 Å². The van der Waals surface area contributed by atoms with Gasteiger partial charge in [0, 0.05) is 21.4 Å². The standard InChI is InChI=1S/C24H22BrClN2O2/c1-24(2,3)16-9-7-15(8-10-16)22(29)27-18-5-4-6-19(14-18)28-23(30)20-13-17(25)11-12-21(20)26/h4-14H,1-3H3,(H,27,29)(H,28,30). The van der Waals surface area contributed by atoms with Gasteiger partial charge in [-0.25, -0.2) is 0 Å². The molecule has 0 aliphatic rings. The molecule has 3 aromatic carbocycles. The third-order valence-electron chi connectivity index (χ3n) is 4.56. The number of nitrogens with one attached hydrogen (secondary N) is 2. The molecular formula is C24H22BrClN2O2. The molecule has 0 spiro atoms. The van der Waals surface area contributed by atoms with Crippen molar-refractivity contribution in [3.05, 3.63) is 92.9 Å². The molecule has 0 saturated carbocycles. The third kappa shape index (κ3) is 5.49. The van der Waals surface area contributed by atoms with Gasteiger partial charge in [0.1, 0.15) is 0 Å². The van der Waals surface area contributed by atoms with Crippen LogP contribution in [0.4, 0.5) is 11.4 Å². The van der Waals surface area contributed by atoms with Gasteiger partial charge in [-0.2, -0.15) is 0 Å². The average molecular weight is 486 g/mol. The van der Waals surface area contributed by atoms with Crippen LogP contribution in [0.15, 0.2) is 71.2 Å². The molecule has 0 saturated heterocycles. The van der Waals surface area contributed by atoms with E-state index in [2.05, 4.69) is 47.3 Å². The number of halogens is 2. The zero-order valence-corrected chi connectivity index (χ0v) is 19.3. The fourth-order valence-electron chi connectivity index (χ4n) is 2.87. The largest absolute Gasteiger partial charge is 0.322 e. The Balaban J connectivity index is 1.71. The highest BCUT2D eigenvalue weighted by Crippen LogP contribution is 2.24. The zero-order valence-electron chi connectivity index (χ0n) is 16.9. The number of anilines is 2. The van der Waals surface area contributed by atoms with Gasteiger partial charge in [0.15, 0.2) is 0 Å². The Kier molecular flexibility index (Phi) is 6.64. The molecule has 2 N–H and O–H groups in total. The quantitative estimate of drug-likeness (QED) is 0.422. The maximum Gasteiger partial charge on any atom is 0.257 e. The molecule has 0 heterocycles. The lowest BCUT2D eigenvalue weighted by molar-refractivity contribution is 0.101. The van der Waals surface area contributed by atoms with E-state index in [1.54, 1.807) is 42.5 Å². The number of carbonyl (C=O) groups excluding carboxylic acids is 2. The maximum atomic E-state index is 12.6. The van der Waals surface area contributed by atoms with Crippen LogP contribution in [-0.2, 0) is 5.41 Å². The van der Waals surface area contributed by atoms with Crippen molar-refractivity contribution >= 4 is 50.7 Å². The predicted octanol–water partition coefficient (Wildman–Crippen LogP) is 6.90. The Morgan fingerprint density at radius 2 is 1.43 bits per heavy atom. The summed E-state index contributed by atoms with van der Waals surface area (Å²) >= 11 is 9.47. The molecule has 0 radical (unpaired) electrons. The van der Waals surface area contributed by atoms with Crippen LogP contribution in [-0.4, -0.2) is 11.8 Å². The summed E-state index contributed by atoms with van der Waals surface area (Å²) in [6, 6.07) is 19.6. The van der Waals surface area contributed by atoms with Crippen molar-refractivity contribution < 1.29 is 9.59 Å². The van der Waals surface area contributed by atoms with Crippen LogP contribution in [0, 0.1) is 0 Å². The summed E-state index contributed by atoms with van der Waals surface area (Å²) in [4.78, 5) is 25.1. The number of hydrogen-bond donors (Lipinski definition) is 2. The van der Waals surface area contributed by atoms with E-state index in [4.69, 9.17) is 11.6 Å². The summed E-state index contributed by atoms with van der Waals surface area (Å²) < 4.78 is 0.760. The van der Waals surface area contributed by atoms with E-state index >= 15 is 0 Å². The van der Waals surface area contributed by atoms with Crippen LogP contribution in [0.1, 0.15) is 47.1 Å². The minimum Gasteiger partial charge on any atom is -0.322 e. The SMILES string of the molecule is CC(C)(C)c1ccc(C(=O)Nc2cccc(NC(=O)c3cc(Br)ccc3Cl)c2)cc1. The Morgan fingerprint density at radius 1 is 0.833 bits per heavy atom. The minimum atomic E-state index is -0.331. The van der Waals surface area contributed by atoms with Crippen LogP contribution in [0.3, 0.4) is 0 Å². The lowest BCUT2D eigenvalue weighted by Crippen LogP contribution is -2.15. The second-order valence-corrected chi connectivity index (χ2v) is 9.26. The second kappa shape index (κ2) is 9.02. The molecule has 0 fully saturated rings. The molecule has 0 aromatic heterocycles. The molecule has 30 heavy (non-hydrogen) atoms. The van der Waals surface area contributed by atoms with E-state index < -0.39 is 0 Å². The molecule has 4 nitrogen and oxygen atoms in total. The monoisotopic (exact) mass is 484 g/mol. The second-order valence-electron chi connectivity index (χ2n) is 7.94. The normalized spacial score (nSPS) is 11.1. The van der Waals surface area contributed by atoms with Gasteiger partial charge in [-0.1, -0.05) is 66.5 Å². The number of carbonyl (C=O) groups is 2. The highest BCUT2D eigenvalue weighted by atomic mass is 79.9. The van der Waals surface area contributed by atoms with Gasteiger partial charge in [-0.15, -0.1) is 0 Å². The molecule has 0 atom stereocenters. The molecule has 3 rings (SSSR count). The van der Waals surface area contributed by atoms with Crippen molar-refractivity contribution in [1.82, 2.24) is 0 Å². The van der Waals surface area contributed by atoms with Crippen molar-refractivity contribution in [2.24, 2.45) is 0 Å². The molecule has 0 bridgehead atoms. The van der Waals surface area contributed by atoms with E-state index in [-0.39, 0.29) is 17.2 Å². The van der Waals surface area contributed by atoms with Gasteiger partial charge in [0.05, 0.1) is 10.6 Å². The van der Waals surface area contributed by atoms with Gasteiger partial charge in [-0.3, -0.25) is 9.59 Å². The van der Waals surface area contributed by atoms with Crippen LogP contribution < -0.4 is 10.6 Å². The predicted molar refractivity (Wildman–Crippen MR) is 127 cm³/mol. The lowest BCUT2D eigenvalue weighted by atomic mass is 9.87. The zero-order chi connectivity index (χ0) is 21.9. The van der Waals surface area contributed by atoms with Crippen LogP contribution in [0.25, 0.3) is 0 Å². The summed E-state index contributed by atoms with van der Waals surface area (Å²) in [6.45, 7) is 6.38. The van der Waals surface area contributed by atoms with E-state index in [1.807, 2.05) is 24.3 Å². The van der Waals surface area contributed by atoms with Gasteiger partial charge < -0.3 is 10.6 Å². The number of amides is 2. The Bertz CT molecular complexity index is 1090. The summed E-state index contributed by atoms with van der Waals surface area (Å²) in [6.07, 6.45) is 0. The molecule has 3 aromatic rings. The van der Waals surface area contributed by atoms with E-state index in [0.29, 0.717) is 27.5 Å². The molecule has 0 aliphatic heterocycles. The van der Waals surface area contributed by atoms with Crippen molar-refractivity contribution in [2.75, 3.05) is 10.6 Å². The number of hydrogen-bond acceptors (Lipinski definition) is 2. The summed E-state index contributed by atoms with van der Waals surface area (Å²) in [7, 11) is 0. The summed E-state index contributed by atoms with van der Waals surface area (Å²) in [5.41, 5.74) is 3.25. The first kappa shape index (κ1) is 22.1.